The van der Waals surface area contributed by atoms with Gasteiger partial charge in [-0.25, -0.2) is 0 Å². The van der Waals surface area contributed by atoms with Gasteiger partial charge in [-0.3, -0.25) is 4.79 Å². The Morgan fingerprint density at radius 3 is 2.76 bits per heavy atom. The number of amides is 1. The number of para-hydroxylation sites is 1. The zero-order valence-electron chi connectivity index (χ0n) is 11.5. The molecule has 0 spiro atoms. The molecular weight excluding hydrogens is 280 g/mol. The Morgan fingerprint density at radius 2 is 1.90 bits per heavy atom. The van der Waals surface area contributed by atoms with Crippen LogP contribution in [0.25, 0.3) is 0 Å². The van der Waals surface area contributed by atoms with Gasteiger partial charge < -0.3 is 4.90 Å². The van der Waals surface area contributed by atoms with Crippen molar-refractivity contribution in [1.29, 1.82) is 5.26 Å². The maximum Gasteiger partial charge on any atom is 0.228 e. The molecule has 1 aliphatic heterocycles. The first-order valence-corrected chi connectivity index (χ1v) is 7.78. The third kappa shape index (κ3) is 2.79. The van der Waals surface area contributed by atoms with Crippen LogP contribution in [0, 0.1) is 11.3 Å². The van der Waals surface area contributed by atoms with E-state index in [1.54, 1.807) is 22.7 Å². The second-order valence-corrected chi connectivity index (χ2v) is 5.95. The van der Waals surface area contributed by atoms with E-state index in [9.17, 15) is 10.1 Å². The van der Waals surface area contributed by atoms with Crippen LogP contribution in [0.5, 0.6) is 0 Å². The number of fused-ring (bicyclic) bond motifs is 1. The molecule has 0 aromatic heterocycles. The molecule has 1 heterocycles. The number of carbonyl (C=O) groups excluding carboxylic acids is 1. The summed E-state index contributed by atoms with van der Waals surface area (Å²) < 4.78 is 0. The number of benzene rings is 2. The Bertz CT molecular complexity index is 721. The standard InChI is InChI=1S/C17H14N2OS/c18-11-13-5-1-2-6-14(13)12-19-15-7-3-4-8-16(15)21-10-9-17(19)20/h1-8H,9-10,12H2. The summed E-state index contributed by atoms with van der Waals surface area (Å²) in [5, 5.41) is 9.21. The smallest absolute Gasteiger partial charge is 0.228 e. The summed E-state index contributed by atoms with van der Waals surface area (Å²) in [4.78, 5) is 15.3. The molecule has 0 saturated heterocycles. The summed E-state index contributed by atoms with van der Waals surface area (Å²) in [6, 6.07) is 17.6. The maximum absolute atomic E-state index is 12.4. The number of hydrogen-bond acceptors (Lipinski definition) is 3. The van der Waals surface area contributed by atoms with Crippen LogP contribution in [0.3, 0.4) is 0 Å². The van der Waals surface area contributed by atoms with Crippen LogP contribution in [0.15, 0.2) is 53.4 Å². The minimum Gasteiger partial charge on any atom is -0.307 e. The van der Waals surface area contributed by atoms with Gasteiger partial charge in [0.2, 0.25) is 5.91 Å². The topological polar surface area (TPSA) is 44.1 Å². The molecular formula is C17H14N2OS. The summed E-state index contributed by atoms with van der Waals surface area (Å²) in [6.45, 7) is 0.445. The molecule has 21 heavy (non-hydrogen) atoms. The van der Waals surface area contributed by atoms with E-state index in [2.05, 4.69) is 6.07 Å². The zero-order chi connectivity index (χ0) is 14.7. The molecule has 1 aliphatic rings. The summed E-state index contributed by atoms with van der Waals surface area (Å²) >= 11 is 1.71. The fourth-order valence-corrected chi connectivity index (χ4v) is 3.43. The van der Waals surface area contributed by atoms with Crippen molar-refractivity contribution in [3.63, 3.8) is 0 Å². The lowest BCUT2D eigenvalue weighted by molar-refractivity contribution is -0.118. The van der Waals surface area contributed by atoms with E-state index < -0.39 is 0 Å². The fourth-order valence-electron chi connectivity index (χ4n) is 2.43. The van der Waals surface area contributed by atoms with Crippen LogP contribution in [-0.4, -0.2) is 11.7 Å². The van der Waals surface area contributed by atoms with Crippen molar-refractivity contribution in [1.82, 2.24) is 0 Å². The molecule has 3 nitrogen and oxygen atoms in total. The molecule has 0 radical (unpaired) electrons. The second-order valence-electron chi connectivity index (χ2n) is 4.82. The lowest BCUT2D eigenvalue weighted by Gasteiger charge is -2.23. The zero-order valence-corrected chi connectivity index (χ0v) is 12.3. The Morgan fingerprint density at radius 1 is 1.14 bits per heavy atom. The van der Waals surface area contributed by atoms with Gasteiger partial charge in [-0.05, 0) is 23.8 Å². The number of anilines is 1. The number of hydrogen-bond donors (Lipinski definition) is 0. The predicted octanol–water partition coefficient (Wildman–Crippen LogP) is 3.59. The Labute approximate surface area is 128 Å². The molecule has 2 aromatic rings. The molecule has 0 saturated carbocycles. The van der Waals surface area contributed by atoms with E-state index in [-0.39, 0.29) is 5.91 Å². The normalized spacial score (nSPS) is 14.2. The minimum absolute atomic E-state index is 0.111. The molecule has 1 amide bonds. The van der Waals surface area contributed by atoms with E-state index in [0.29, 0.717) is 18.5 Å². The minimum atomic E-state index is 0.111. The molecule has 0 N–H and O–H groups in total. The summed E-state index contributed by atoms with van der Waals surface area (Å²) in [6.07, 6.45) is 0.522. The molecule has 104 valence electrons. The van der Waals surface area contributed by atoms with Crippen LogP contribution in [-0.2, 0) is 11.3 Å². The number of thioether (sulfide) groups is 1. The number of nitriles is 1. The number of carbonyl (C=O) groups is 1. The lowest BCUT2D eigenvalue weighted by Crippen LogP contribution is -2.30. The van der Waals surface area contributed by atoms with Crippen molar-refractivity contribution in [2.24, 2.45) is 0 Å². The molecule has 2 aromatic carbocycles. The first-order valence-electron chi connectivity index (χ1n) is 6.80. The van der Waals surface area contributed by atoms with Gasteiger partial charge in [-0.15, -0.1) is 11.8 Å². The van der Waals surface area contributed by atoms with Gasteiger partial charge >= 0.3 is 0 Å². The monoisotopic (exact) mass is 294 g/mol. The molecule has 4 heteroatoms. The van der Waals surface area contributed by atoms with Crippen molar-refractivity contribution < 1.29 is 4.79 Å². The Hall–Kier alpha value is -2.25. The van der Waals surface area contributed by atoms with E-state index in [1.807, 2.05) is 42.5 Å². The summed E-state index contributed by atoms with van der Waals surface area (Å²) in [5.74, 6) is 0.909. The van der Waals surface area contributed by atoms with Crippen molar-refractivity contribution in [2.75, 3.05) is 10.7 Å². The average molecular weight is 294 g/mol. The van der Waals surface area contributed by atoms with Gasteiger partial charge in [0.1, 0.15) is 0 Å². The van der Waals surface area contributed by atoms with Crippen molar-refractivity contribution in [3.8, 4) is 6.07 Å². The highest BCUT2D eigenvalue weighted by Crippen LogP contribution is 2.35. The van der Waals surface area contributed by atoms with Crippen molar-refractivity contribution >= 4 is 23.4 Å². The van der Waals surface area contributed by atoms with E-state index in [1.165, 1.54) is 0 Å². The fraction of sp³-hybridized carbons (Fsp3) is 0.176. The molecule has 0 atom stereocenters. The van der Waals surface area contributed by atoms with Crippen molar-refractivity contribution in [3.05, 3.63) is 59.7 Å². The van der Waals surface area contributed by atoms with Crippen LogP contribution in [0.1, 0.15) is 17.5 Å². The SMILES string of the molecule is N#Cc1ccccc1CN1C(=O)CCSc2ccccc21. The third-order valence-corrected chi connectivity index (χ3v) is 4.56. The summed E-state index contributed by atoms with van der Waals surface area (Å²) in [7, 11) is 0. The third-order valence-electron chi connectivity index (χ3n) is 3.50. The van der Waals surface area contributed by atoms with Crippen LogP contribution in [0.4, 0.5) is 5.69 Å². The second kappa shape index (κ2) is 6.02. The Kier molecular flexibility index (Phi) is 3.94. The van der Waals surface area contributed by atoms with Gasteiger partial charge in [0.15, 0.2) is 0 Å². The van der Waals surface area contributed by atoms with Crippen LogP contribution >= 0.6 is 11.8 Å². The first kappa shape index (κ1) is 13.7. The quantitative estimate of drug-likeness (QED) is 0.850. The number of nitrogens with zero attached hydrogens (tertiary/aromatic N) is 2. The molecule has 3 rings (SSSR count). The van der Waals surface area contributed by atoms with Gasteiger partial charge in [0.05, 0.1) is 23.9 Å². The largest absolute Gasteiger partial charge is 0.307 e. The Balaban J connectivity index is 2.00. The van der Waals surface area contributed by atoms with Crippen LogP contribution < -0.4 is 4.90 Å². The molecule has 0 fully saturated rings. The van der Waals surface area contributed by atoms with Crippen LogP contribution in [0.2, 0.25) is 0 Å². The van der Waals surface area contributed by atoms with Gasteiger partial charge in [-0.2, -0.15) is 5.26 Å². The number of rotatable bonds is 2. The maximum atomic E-state index is 12.4. The van der Waals surface area contributed by atoms with E-state index in [0.717, 1.165) is 21.9 Å². The molecule has 0 bridgehead atoms. The highest BCUT2D eigenvalue weighted by Gasteiger charge is 2.23. The molecule has 0 unspecified atom stereocenters. The molecule has 0 aliphatic carbocycles. The average Bonchev–Trinajstić information content (AvgIpc) is 2.68. The van der Waals surface area contributed by atoms with Gasteiger partial charge in [0.25, 0.3) is 0 Å². The van der Waals surface area contributed by atoms with E-state index >= 15 is 0 Å². The lowest BCUT2D eigenvalue weighted by atomic mass is 10.1. The highest BCUT2D eigenvalue weighted by molar-refractivity contribution is 7.99. The van der Waals surface area contributed by atoms with Gasteiger partial charge in [0, 0.05) is 17.1 Å². The van der Waals surface area contributed by atoms with Crippen molar-refractivity contribution in [2.45, 2.75) is 17.9 Å². The first-order chi connectivity index (χ1) is 10.3. The van der Waals surface area contributed by atoms with Gasteiger partial charge in [-0.1, -0.05) is 30.3 Å². The predicted molar refractivity (Wildman–Crippen MR) is 84.1 cm³/mol. The summed E-state index contributed by atoms with van der Waals surface area (Å²) in [5.41, 5.74) is 2.45. The van der Waals surface area contributed by atoms with E-state index in [4.69, 9.17) is 0 Å². The highest BCUT2D eigenvalue weighted by atomic mass is 32.2.